The Morgan fingerprint density at radius 3 is 2.45 bits per heavy atom. The highest BCUT2D eigenvalue weighted by atomic mass is 16.2. The van der Waals surface area contributed by atoms with Gasteiger partial charge in [0.25, 0.3) is 0 Å². The fraction of sp³-hybridized carbons (Fsp3) is 0.259. The van der Waals surface area contributed by atoms with Gasteiger partial charge in [0.2, 0.25) is 5.91 Å². The van der Waals surface area contributed by atoms with Crippen molar-refractivity contribution in [3.63, 3.8) is 0 Å². The van der Waals surface area contributed by atoms with Crippen molar-refractivity contribution >= 4 is 11.9 Å². The van der Waals surface area contributed by atoms with Crippen LogP contribution in [0.2, 0.25) is 0 Å². The Kier molecular flexibility index (Phi) is 4.98. The minimum Gasteiger partial charge on any atom is -0.369 e. The maximum absolute atomic E-state index is 13.5. The van der Waals surface area contributed by atoms with Crippen LogP contribution < -0.4 is 5.73 Å². The van der Waals surface area contributed by atoms with Crippen LogP contribution in [-0.2, 0) is 10.3 Å². The van der Waals surface area contributed by atoms with Crippen molar-refractivity contribution in [2.24, 2.45) is 10.7 Å². The zero-order valence-electron chi connectivity index (χ0n) is 18.7. The Bertz CT molecular complexity index is 1300. The second kappa shape index (κ2) is 7.86. The van der Waals surface area contributed by atoms with E-state index in [4.69, 9.17) is 10.7 Å². The number of guanidine groups is 1. The van der Waals surface area contributed by atoms with Crippen LogP contribution in [0.5, 0.6) is 0 Å². The standard InChI is InChI=1S/C27H25N5O/c1-27(23-15-22(12-13-30-23)21-5-3-4-17(14-21)16-28)24(25(33)32(2)26(29)31-27)20-10-8-19(9-11-20)18-6-7-18/h3-5,8-15,18,24H,6-7H2,1-2H3,(H2,29,31)/t24?,27-/m1/s1. The molecule has 1 aliphatic carbocycles. The molecular weight excluding hydrogens is 410 g/mol. The lowest BCUT2D eigenvalue weighted by Gasteiger charge is -2.40. The number of nitrogens with zero attached hydrogens (tertiary/aromatic N) is 4. The number of amides is 1. The lowest BCUT2D eigenvalue weighted by atomic mass is 9.76. The van der Waals surface area contributed by atoms with E-state index < -0.39 is 11.5 Å². The minimum absolute atomic E-state index is 0.108. The van der Waals surface area contributed by atoms with Gasteiger partial charge in [-0.1, -0.05) is 36.4 Å². The van der Waals surface area contributed by atoms with Crippen molar-refractivity contribution in [2.75, 3.05) is 7.05 Å². The van der Waals surface area contributed by atoms with Gasteiger partial charge in [0.1, 0.15) is 5.54 Å². The van der Waals surface area contributed by atoms with Crippen molar-refractivity contribution in [1.82, 2.24) is 9.88 Å². The second-order valence-corrected chi connectivity index (χ2v) is 9.01. The fourth-order valence-corrected chi connectivity index (χ4v) is 4.63. The van der Waals surface area contributed by atoms with Gasteiger partial charge >= 0.3 is 0 Å². The van der Waals surface area contributed by atoms with Gasteiger partial charge < -0.3 is 5.73 Å². The van der Waals surface area contributed by atoms with E-state index in [0.29, 0.717) is 17.2 Å². The minimum atomic E-state index is -0.975. The van der Waals surface area contributed by atoms with Crippen molar-refractivity contribution in [3.05, 3.63) is 89.2 Å². The number of hydrogen-bond acceptors (Lipinski definition) is 5. The Morgan fingerprint density at radius 1 is 1.06 bits per heavy atom. The summed E-state index contributed by atoms with van der Waals surface area (Å²) in [7, 11) is 1.66. The third kappa shape index (κ3) is 3.66. The number of nitriles is 1. The largest absolute Gasteiger partial charge is 0.369 e. The third-order valence-corrected chi connectivity index (χ3v) is 6.75. The Morgan fingerprint density at radius 2 is 1.76 bits per heavy atom. The first-order valence-electron chi connectivity index (χ1n) is 11.1. The number of carbonyl (C=O) groups excluding carboxylic acids is 1. The van der Waals surface area contributed by atoms with Gasteiger partial charge in [0.05, 0.1) is 23.2 Å². The molecule has 0 saturated heterocycles. The third-order valence-electron chi connectivity index (χ3n) is 6.75. The van der Waals surface area contributed by atoms with Gasteiger partial charge in [-0.25, -0.2) is 4.99 Å². The summed E-state index contributed by atoms with van der Waals surface area (Å²) in [6.45, 7) is 1.92. The van der Waals surface area contributed by atoms with E-state index >= 15 is 0 Å². The number of carbonyl (C=O) groups is 1. The summed E-state index contributed by atoms with van der Waals surface area (Å²) < 4.78 is 0. The average Bonchev–Trinajstić information content (AvgIpc) is 3.69. The monoisotopic (exact) mass is 435 g/mol. The zero-order valence-corrected chi connectivity index (χ0v) is 18.7. The van der Waals surface area contributed by atoms with Gasteiger partial charge in [-0.15, -0.1) is 0 Å². The zero-order chi connectivity index (χ0) is 23.2. The molecule has 1 unspecified atom stereocenters. The van der Waals surface area contributed by atoms with E-state index in [1.54, 1.807) is 19.3 Å². The highest BCUT2D eigenvalue weighted by Gasteiger charge is 2.48. The molecule has 0 radical (unpaired) electrons. The maximum atomic E-state index is 13.5. The fourth-order valence-electron chi connectivity index (χ4n) is 4.63. The number of rotatable bonds is 4. The predicted molar refractivity (Wildman–Crippen MR) is 127 cm³/mol. The van der Waals surface area contributed by atoms with E-state index in [0.717, 1.165) is 16.7 Å². The van der Waals surface area contributed by atoms with Crippen LogP contribution in [0.15, 0.2) is 71.9 Å². The number of aliphatic imine (C=N–C) groups is 1. The molecule has 1 aromatic heterocycles. The molecule has 6 heteroatoms. The first-order valence-corrected chi connectivity index (χ1v) is 11.1. The van der Waals surface area contributed by atoms with Crippen LogP contribution >= 0.6 is 0 Å². The molecule has 2 N–H and O–H groups in total. The molecule has 164 valence electrons. The van der Waals surface area contributed by atoms with Crippen molar-refractivity contribution in [3.8, 4) is 17.2 Å². The average molecular weight is 436 g/mol. The highest BCUT2D eigenvalue weighted by molar-refractivity contribution is 6.02. The van der Waals surface area contributed by atoms with Crippen LogP contribution in [0.25, 0.3) is 11.1 Å². The topological polar surface area (TPSA) is 95.4 Å². The highest BCUT2D eigenvalue weighted by Crippen LogP contribution is 2.45. The van der Waals surface area contributed by atoms with Crippen LogP contribution in [0.4, 0.5) is 0 Å². The van der Waals surface area contributed by atoms with Crippen molar-refractivity contribution < 1.29 is 4.79 Å². The quantitative estimate of drug-likeness (QED) is 0.661. The summed E-state index contributed by atoms with van der Waals surface area (Å²) in [5, 5.41) is 9.27. The molecular formula is C27H25N5O. The lowest BCUT2D eigenvalue weighted by molar-refractivity contribution is -0.130. The molecule has 0 bridgehead atoms. The smallest absolute Gasteiger partial charge is 0.239 e. The van der Waals surface area contributed by atoms with E-state index in [1.165, 1.54) is 23.3 Å². The number of likely N-dealkylation sites (N-methyl/N-ethyl adjacent to an activating group) is 1. The van der Waals surface area contributed by atoms with Gasteiger partial charge in [0, 0.05) is 13.2 Å². The number of aromatic nitrogens is 1. The van der Waals surface area contributed by atoms with E-state index in [1.807, 2.05) is 49.4 Å². The van der Waals surface area contributed by atoms with E-state index in [2.05, 4.69) is 23.2 Å². The molecule has 1 aliphatic heterocycles. The molecule has 33 heavy (non-hydrogen) atoms. The van der Waals surface area contributed by atoms with Crippen LogP contribution in [0.1, 0.15) is 54.0 Å². The molecule has 2 heterocycles. The first-order chi connectivity index (χ1) is 15.9. The SMILES string of the molecule is CN1C(=O)C(c2ccc(C3CC3)cc2)[C@@](C)(c2cc(-c3cccc(C#N)c3)ccn2)N=C1N. The maximum Gasteiger partial charge on any atom is 0.239 e. The molecule has 1 fully saturated rings. The number of benzene rings is 2. The summed E-state index contributed by atoms with van der Waals surface area (Å²) in [4.78, 5) is 24.3. The summed E-state index contributed by atoms with van der Waals surface area (Å²) in [6, 6.07) is 21.8. The van der Waals surface area contributed by atoms with Crippen molar-refractivity contribution in [1.29, 1.82) is 5.26 Å². The Hall–Kier alpha value is -3.98. The van der Waals surface area contributed by atoms with E-state index in [-0.39, 0.29) is 11.9 Å². The molecule has 0 spiro atoms. The first kappa shape index (κ1) is 20.9. The molecule has 1 amide bonds. The summed E-state index contributed by atoms with van der Waals surface area (Å²) in [5.41, 5.74) is 10.5. The summed E-state index contributed by atoms with van der Waals surface area (Å²) >= 11 is 0. The Balaban J connectivity index is 1.61. The molecule has 2 atom stereocenters. The van der Waals surface area contributed by atoms with Gasteiger partial charge in [-0.05, 0) is 72.2 Å². The summed E-state index contributed by atoms with van der Waals surface area (Å²) in [6.07, 6.45) is 4.18. The molecule has 2 aromatic carbocycles. The van der Waals surface area contributed by atoms with Gasteiger partial charge in [-0.2, -0.15) is 5.26 Å². The van der Waals surface area contributed by atoms with Crippen molar-refractivity contribution in [2.45, 2.75) is 37.1 Å². The molecule has 6 nitrogen and oxygen atoms in total. The summed E-state index contributed by atoms with van der Waals surface area (Å²) in [5.74, 6) is 0.150. The van der Waals surface area contributed by atoms with Gasteiger partial charge in [-0.3, -0.25) is 14.7 Å². The molecule has 2 aliphatic rings. The predicted octanol–water partition coefficient (Wildman–Crippen LogP) is 4.28. The van der Waals surface area contributed by atoms with Crippen LogP contribution in [0, 0.1) is 11.3 Å². The van der Waals surface area contributed by atoms with Crippen LogP contribution in [-0.4, -0.2) is 28.8 Å². The number of nitrogens with two attached hydrogens (primary N) is 1. The van der Waals surface area contributed by atoms with Crippen LogP contribution in [0.3, 0.4) is 0 Å². The number of pyridine rings is 1. The van der Waals surface area contributed by atoms with Gasteiger partial charge in [0.15, 0.2) is 5.96 Å². The molecule has 1 saturated carbocycles. The second-order valence-electron chi connectivity index (χ2n) is 9.01. The molecule has 3 aromatic rings. The normalized spacial score (nSPS) is 22.6. The molecule has 5 rings (SSSR count). The number of hydrogen-bond donors (Lipinski definition) is 1. The van der Waals surface area contributed by atoms with E-state index in [9.17, 15) is 10.1 Å². The Labute approximate surface area is 193 Å². The lowest BCUT2D eigenvalue weighted by Crippen LogP contribution is -2.52.